The van der Waals surface area contributed by atoms with Gasteiger partial charge >= 0.3 is 23.9 Å². The summed E-state index contributed by atoms with van der Waals surface area (Å²) < 4.78 is 26.1. The summed E-state index contributed by atoms with van der Waals surface area (Å²) in [6.45, 7) is 5.78. The fourth-order valence-corrected chi connectivity index (χ4v) is 2.61. The topological polar surface area (TPSA) is 144 Å². The van der Waals surface area contributed by atoms with Crippen molar-refractivity contribution in [3.05, 3.63) is 0 Å². The van der Waals surface area contributed by atoms with Gasteiger partial charge in [-0.2, -0.15) is 0 Å². The van der Waals surface area contributed by atoms with Crippen LogP contribution in [0.1, 0.15) is 41.0 Å². The SMILES string of the molecule is CCC(=O)N[C@@H]1[C@@H](OC(C)=O)O[C@@H](COC(C)=O)[C@@H](OC(C)=O)[C@H]1OC(C)=O. The van der Waals surface area contributed by atoms with Crippen LogP contribution >= 0.6 is 0 Å². The molecule has 0 unspecified atom stereocenters. The summed E-state index contributed by atoms with van der Waals surface area (Å²) in [5.74, 6) is -3.24. The summed E-state index contributed by atoms with van der Waals surface area (Å²) in [7, 11) is 0. The van der Waals surface area contributed by atoms with E-state index in [0.717, 1.165) is 20.8 Å². The van der Waals surface area contributed by atoms with Crippen LogP contribution in [0.5, 0.6) is 0 Å². The largest absolute Gasteiger partial charge is 0.463 e. The van der Waals surface area contributed by atoms with E-state index in [0.29, 0.717) is 0 Å². The van der Waals surface area contributed by atoms with Gasteiger partial charge in [-0.3, -0.25) is 24.0 Å². The van der Waals surface area contributed by atoms with E-state index in [4.69, 9.17) is 23.7 Å². The predicted octanol–water partition coefficient (Wildman–Crippen LogP) is -0.404. The van der Waals surface area contributed by atoms with Gasteiger partial charge < -0.3 is 29.0 Å². The Labute approximate surface area is 161 Å². The van der Waals surface area contributed by atoms with Crippen molar-refractivity contribution >= 4 is 29.8 Å². The van der Waals surface area contributed by atoms with E-state index in [1.807, 2.05) is 0 Å². The smallest absolute Gasteiger partial charge is 0.305 e. The van der Waals surface area contributed by atoms with Crippen LogP contribution in [-0.2, 0) is 47.7 Å². The maximum atomic E-state index is 11.9. The molecular weight excluding hydrogens is 378 g/mol. The second-order valence-corrected chi connectivity index (χ2v) is 6.05. The van der Waals surface area contributed by atoms with E-state index in [1.165, 1.54) is 6.92 Å². The summed E-state index contributed by atoms with van der Waals surface area (Å²) in [6.07, 6.45) is -4.88. The first-order chi connectivity index (χ1) is 13.0. The third-order valence-corrected chi connectivity index (χ3v) is 3.63. The highest BCUT2D eigenvalue weighted by molar-refractivity contribution is 5.76. The Morgan fingerprint density at radius 1 is 0.821 bits per heavy atom. The van der Waals surface area contributed by atoms with E-state index in [-0.39, 0.29) is 13.0 Å². The van der Waals surface area contributed by atoms with E-state index in [2.05, 4.69) is 5.32 Å². The zero-order valence-electron chi connectivity index (χ0n) is 16.4. The van der Waals surface area contributed by atoms with Gasteiger partial charge in [-0.1, -0.05) is 6.92 Å². The van der Waals surface area contributed by atoms with Crippen molar-refractivity contribution < 1.29 is 47.7 Å². The molecule has 28 heavy (non-hydrogen) atoms. The average molecular weight is 403 g/mol. The summed E-state index contributed by atoms with van der Waals surface area (Å²) in [5.41, 5.74) is 0. The van der Waals surface area contributed by atoms with E-state index in [9.17, 15) is 24.0 Å². The number of rotatable bonds is 7. The Morgan fingerprint density at radius 3 is 1.82 bits per heavy atom. The lowest BCUT2D eigenvalue weighted by Crippen LogP contribution is -2.66. The fourth-order valence-electron chi connectivity index (χ4n) is 2.61. The molecule has 0 spiro atoms. The third-order valence-electron chi connectivity index (χ3n) is 3.63. The maximum Gasteiger partial charge on any atom is 0.305 e. The highest BCUT2D eigenvalue weighted by atomic mass is 16.7. The molecule has 0 radical (unpaired) electrons. The second-order valence-electron chi connectivity index (χ2n) is 6.05. The molecule has 0 aromatic rings. The van der Waals surface area contributed by atoms with E-state index >= 15 is 0 Å². The highest BCUT2D eigenvalue weighted by Gasteiger charge is 2.52. The molecule has 0 aromatic heterocycles. The Kier molecular flexibility index (Phi) is 8.83. The lowest BCUT2D eigenvalue weighted by atomic mass is 9.96. The summed E-state index contributed by atoms with van der Waals surface area (Å²) in [6, 6.07) is -1.15. The predicted molar refractivity (Wildman–Crippen MR) is 90.4 cm³/mol. The summed E-state index contributed by atoms with van der Waals surface area (Å²) in [5, 5.41) is 2.55. The molecule has 158 valence electrons. The van der Waals surface area contributed by atoms with E-state index < -0.39 is 60.4 Å². The molecule has 1 saturated heterocycles. The van der Waals surface area contributed by atoms with Crippen LogP contribution in [0.3, 0.4) is 0 Å². The molecular formula is C17H25NO10. The first kappa shape index (κ1) is 23.3. The van der Waals surface area contributed by atoms with Gasteiger partial charge in [0.15, 0.2) is 12.2 Å². The first-order valence-corrected chi connectivity index (χ1v) is 8.65. The van der Waals surface area contributed by atoms with Crippen LogP contribution < -0.4 is 5.32 Å². The number of nitrogens with one attached hydrogen (secondary N) is 1. The monoisotopic (exact) mass is 403 g/mol. The van der Waals surface area contributed by atoms with Gasteiger partial charge in [0.1, 0.15) is 18.8 Å². The molecule has 1 N–H and O–H groups in total. The number of carbonyl (C=O) groups excluding carboxylic acids is 5. The Balaban J connectivity index is 3.31. The molecule has 1 amide bonds. The summed E-state index contributed by atoms with van der Waals surface area (Å²) >= 11 is 0. The number of amides is 1. The fraction of sp³-hybridized carbons (Fsp3) is 0.706. The molecule has 0 aromatic carbocycles. The molecule has 0 saturated carbocycles. The number of esters is 4. The molecule has 0 bridgehead atoms. The van der Waals surface area contributed by atoms with Gasteiger partial charge in [0.05, 0.1) is 0 Å². The number of hydrogen-bond donors (Lipinski definition) is 1. The van der Waals surface area contributed by atoms with E-state index in [1.54, 1.807) is 6.92 Å². The number of hydrogen-bond acceptors (Lipinski definition) is 10. The van der Waals surface area contributed by atoms with Gasteiger partial charge in [-0.15, -0.1) is 0 Å². The minimum atomic E-state index is -1.37. The van der Waals surface area contributed by atoms with Crippen molar-refractivity contribution in [3.8, 4) is 0 Å². The van der Waals surface area contributed by atoms with Crippen molar-refractivity contribution in [2.45, 2.75) is 71.7 Å². The van der Waals surface area contributed by atoms with Crippen LogP contribution in [0.15, 0.2) is 0 Å². The first-order valence-electron chi connectivity index (χ1n) is 8.65. The average Bonchev–Trinajstić information content (AvgIpc) is 2.56. The molecule has 1 aliphatic heterocycles. The Morgan fingerprint density at radius 2 is 1.36 bits per heavy atom. The molecule has 11 heteroatoms. The van der Waals surface area contributed by atoms with Gasteiger partial charge in [0, 0.05) is 34.1 Å². The molecule has 1 rings (SSSR count). The van der Waals surface area contributed by atoms with Crippen molar-refractivity contribution in [1.82, 2.24) is 5.32 Å². The third kappa shape index (κ3) is 7.14. The lowest BCUT2D eigenvalue weighted by molar-refractivity contribution is -0.271. The zero-order chi connectivity index (χ0) is 21.4. The molecule has 1 heterocycles. The normalized spacial score (nSPS) is 26.5. The van der Waals surface area contributed by atoms with Crippen molar-refractivity contribution in [2.75, 3.05) is 6.61 Å². The van der Waals surface area contributed by atoms with Crippen LogP contribution in [0, 0.1) is 0 Å². The van der Waals surface area contributed by atoms with Gasteiger partial charge in [-0.25, -0.2) is 0 Å². The molecule has 0 aliphatic carbocycles. The molecule has 1 aliphatic rings. The molecule has 1 fully saturated rings. The summed E-state index contributed by atoms with van der Waals surface area (Å²) in [4.78, 5) is 57.8. The minimum Gasteiger partial charge on any atom is -0.463 e. The van der Waals surface area contributed by atoms with Crippen LogP contribution in [-0.4, -0.2) is 67.0 Å². The lowest BCUT2D eigenvalue weighted by Gasteiger charge is -2.44. The van der Waals surface area contributed by atoms with Gasteiger partial charge in [0.2, 0.25) is 12.2 Å². The molecule has 5 atom stereocenters. The van der Waals surface area contributed by atoms with Crippen LogP contribution in [0.25, 0.3) is 0 Å². The second kappa shape index (κ2) is 10.6. The van der Waals surface area contributed by atoms with Gasteiger partial charge in [0.25, 0.3) is 0 Å². The van der Waals surface area contributed by atoms with Crippen molar-refractivity contribution in [2.24, 2.45) is 0 Å². The highest BCUT2D eigenvalue weighted by Crippen LogP contribution is 2.28. The van der Waals surface area contributed by atoms with Crippen molar-refractivity contribution in [1.29, 1.82) is 0 Å². The van der Waals surface area contributed by atoms with Crippen LogP contribution in [0.4, 0.5) is 0 Å². The van der Waals surface area contributed by atoms with Crippen LogP contribution in [0.2, 0.25) is 0 Å². The number of ether oxygens (including phenoxy) is 5. The Hall–Kier alpha value is -2.69. The molecule has 11 nitrogen and oxygen atoms in total. The maximum absolute atomic E-state index is 11.9. The Bertz CT molecular complexity index is 619. The standard InChI is InChI=1S/C17H25NO10/c1-6-13(23)18-14-16(26-10(4)21)15(25-9(3)20)12(7-24-8(2)19)28-17(14)27-11(5)22/h12,14-17H,6-7H2,1-5H3,(H,18,23)/t12-,14-,15+,16-,17-/m0/s1. The van der Waals surface area contributed by atoms with Crippen molar-refractivity contribution in [3.63, 3.8) is 0 Å². The zero-order valence-corrected chi connectivity index (χ0v) is 16.4. The minimum absolute atomic E-state index is 0.0885. The number of carbonyl (C=O) groups is 5. The quantitative estimate of drug-likeness (QED) is 0.440. The van der Waals surface area contributed by atoms with Gasteiger partial charge in [-0.05, 0) is 0 Å².